The molecule has 0 radical (unpaired) electrons. The topological polar surface area (TPSA) is 101 Å². The summed E-state index contributed by atoms with van der Waals surface area (Å²) >= 11 is 0. The number of carboxylic acids is 1. The van der Waals surface area contributed by atoms with Crippen molar-refractivity contribution in [1.29, 1.82) is 0 Å². The fourth-order valence-corrected chi connectivity index (χ4v) is 3.23. The molecule has 7 nitrogen and oxygen atoms in total. The van der Waals surface area contributed by atoms with Gasteiger partial charge in [0.25, 0.3) is 10.0 Å². The van der Waals surface area contributed by atoms with Crippen LogP contribution in [0.15, 0.2) is 23.2 Å². The van der Waals surface area contributed by atoms with Crippen LogP contribution in [0.4, 0.5) is 10.1 Å². The van der Waals surface area contributed by atoms with E-state index in [2.05, 4.69) is 9.82 Å². The van der Waals surface area contributed by atoms with Gasteiger partial charge in [0.05, 0.1) is 21.8 Å². The average molecular weight is 341 g/mol. The zero-order valence-corrected chi connectivity index (χ0v) is 13.6. The number of carboxylic acid groups (broad SMARTS) is 1. The number of nitrogens with one attached hydrogen (secondary N) is 1. The quantitative estimate of drug-likeness (QED) is 0.865. The van der Waals surface area contributed by atoms with Crippen LogP contribution < -0.4 is 4.72 Å². The molecule has 0 aliphatic rings. The Morgan fingerprint density at radius 1 is 1.43 bits per heavy atom. The van der Waals surface area contributed by atoms with Crippen LogP contribution in [0.1, 0.15) is 28.5 Å². The molecular weight excluding hydrogens is 325 g/mol. The van der Waals surface area contributed by atoms with E-state index in [0.29, 0.717) is 12.1 Å². The minimum absolute atomic E-state index is 0.118. The van der Waals surface area contributed by atoms with Crippen LogP contribution in [0.2, 0.25) is 0 Å². The van der Waals surface area contributed by atoms with E-state index in [0.717, 1.165) is 12.1 Å². The van der Waals surface area contributed by atoms with E-state index in [9.17, 15) is 17.6 Å². The normalized spacial score (nSPS) is 11.5. The lowest BCUT2D eigenvalue weighted by Gasteiger charge is -2.10. The number of carbonyl (C=O) groups is 1. The first-order valence-electron chi connectivity index (χ1n) is 6.74. The number of rotatable bonds is 5. The summed E-state index contributed by atoms with van der Waals surface area (Å²) in [4.78, 5) is 10.7. The van der Waals surface area contributed by atoms with Crippen molar-refractivity contribution >= 4 is 21.7 Å². The third kappa shape index (κ3) is 3.34. The molecule has 23 heavy (non-hydrogen) atoms. The maximum absolute atomic E-state index is 13.8. The maximum atomic E-state index is 13.8. The molecule has 0 aliphatic carbocycles. The van der Waals surface area contributed by atoms with Gasteiger partial charge in [-0.05, 0) is 31.0 Å². The molecule has 0 aliphatic heterocycles. The van der Waals surface area contributed by atoms with Gasteiger partial charge < -0.3 is 5.11 Å². The molecule has 0 saturated heterocycles. The predicted molar refractivity (Wildman–Crippen MR) is 81.5 cm³/mol. The summed E-state index contributed by atoms with van der Waals surface area (Å²) in [6, 6.07) is 1.73. The third-order valence-corrected chi connectivity index (χ3v) is 4.69. The second-order valence-electron chi connectivity index (χ2n) is 5.00. The minimum atomic E-state index is -4.13. The number of aryl methyl sites for hydroxylation is 2. The van der Waals surface area contributed by atoms with Crippen molar-refractivity contribution in [1.82, 2.24) is 9.78 Å². The van der Waals surface area contributed by atoms with Crippen molar-refractivity contribution in [2.75, 3.05) is 4.72 Å². The van der Waals surface area contributed by atoms with E-state index in [1.165, 1.54) is 17.8 Å². The fourth-order valence-electron chi connectivity index (χ4n) is 2.12. The highest BCUT2D eigenvalue weighted by Gasteiger charge is 2.22. The largest absolute Gasteiger partial charge is 0.478 e. The van der Waals surface area contributed by atoms with Crippen LogP contribution in [0.3, 0.4) is 0 Å². The van der Waals surface area contributed by atoms with E-state index in [4.69, 9.17) is 5.11 Å². The highest BCUT2D eigenvalue weighted by Crippen LogP contribution is 2.23. The number of hydrogen-bond donors (Lipinski definition) is 2. The van der Waals surface area contributed by atoms with Crippen LogP contribution in [0.5, 0.6) is 0 Å². The fraction of sp³-hybridized carbons (Fsp3) is 0.286. The van der Waals surface area contributed by atoms with Gasteiger partial charge in [0.15, 0.2) is 0 Å². The Kier molecular flexibility index (Phi) is 4.42. The first kappa shape index (κ1) is 16.9. The molecule has 0 amide bonds. The van der Waals surface area contributed by atoms with Gasteiger partial charge in [0.2, 0.25) is 0 Å². The van der Waals surface area contributed by atoms with Gasteiger partial charge in [-0.3, -0.25) is 9.40 Å². The number of benzene rings is 1. The molecule has 1 heterocycles. The van der Waals surface area contributed by atoms with Crippen molar-refractivity contribution in [3.05, 3.63) is 41.0 Å². The van der Waals surface area contributed by atoms with Gasteiger partial charge in [-0.1, -0.05) is 6.92 Å². The molecule has 124 valence electrons. The zero-order valence-electron chi connectivity index (χ0n) is 12.8. The van der Waals surface area contributed by atoms with E-state index in [-0.39, 0.29) is 11.3 Å². The van der Waals surface area contributed by atoms with E-state index < -0.39 is 32.3 Å². The summed E-state index contributed by atoms with van der Waals surface area (Å²) in [5.41, 5.74) is 0.286. The highest BCUT2D eigenvalue weighted by molar-refractivity contribution is 7.92. The maximum Gasteiger partial charge on any atom is 0.336 e. The Bertz CT molecular complexity index is 874. The van der Waals surface area contributed by atoms with Crippen molar-refractivity contribution < 1.29 is 22.7 Å². The predicted octanol–water partition coefficient (Wildman–Crippen LogP) is 1.93. The summed E-state index contributed by atoms with van der Waals surface area (Å²) in [6.45, 7) is 3.09. The van der Waals surface area contributed by atoms with Crippen LogP contribution in [-0.2, 0) is 23.5 Å². The number of aromatic nitrogens is 2. The molecule has 0 atom stereocenters. The van der Waals surface area contributed by atoms with E-state index >= 15 is 0 Å². The molecule has 2 N–H and O–H groups in total. The van der Waals surface area contributed by atoms with Gasteiger partial charge in [0, 0.05) is 13.2 Å². The van der Waals surface area contributed by atoms with Crippen molar-refractivity contribution in [3.8, 4) is 0 Å². The highest BCUT2D eigenvalue weighted by atomic mass is 32.2. The summed E-state index contributed by atoms with van der Waals surface area (Å²) in [5, 5.41) is 13.2. The van der Waals surface area contributed by atoms with Crippen LogP contribution >= 0.6 is 0 Å². The zero-order chi connectivity index (χ0) is 17.4. The lowest BCUT2D eigenvalue weighted by molar-refractivity contribution is 0.0695. The second kappa shape index (κ2) is 5.99. The molecule has 0 saturated carbocycles. The molecule has 1 aromatic heterocycles. The number of hydrogen-bond acceptors (Lipinski definition) is 4. The Labute approximate surface area is 132 Å². The Morgan fingerprint density at radius 2 is 2.09 bits per heavy atom. The molecular formula is C14H16FN3O4S. The van der Waals surface area contributed by atoms with Crippen molar-refractivity contribution in [3.63, 3.8) is 0 Å². The summed E-state index contributed by atoms with van der Waals surface area (Å²) in [5.74, 6) is -2.29. The number of anilines is 1. The minimum Gasteiger partial charge on any atom is -0.478 e. The van der Waals surface area contributed by atoms with E-state index in [1.54, 1.807) is 7.05 Å². The number of nitrogens with zero attached hydrogens (tertiary/aromatic N) is 2. The first-order valence-corrected chi connectivity index (χ1v) is 8.22. The van der Waals surface area contributed by atoms with Gasteiger partial charge in [-0.2, -0.15) is 5.10 Å². The van der Waals surface area contributed by atoms with Gasteiger partial charge >= 0.3 is 5.97 Å². The monoisotopic (exact) mass is 341 g/mol. The summed E-state index contributed by atoms with van der Waals surface area (Å²) < 4.78 is 42.4. The lowest BCUT2D eigenvalue weighted by atomic mass is 10.1. The Balaban J connectivity index is 2.50. The van der Waals surface area contributed by atoms with Gasteiger partial charge in [0.1, 0.15) is 5.82 Å². The summed E-state index contributed by atoms with van der Waals surface area (Å²) in [6.07, 6.45) is 1.99. The van der Waals surface area contributed by atoms with Crippen LogP contribution in [0, 0.1) is 12.7 Å². The average Bonchev–Trinajstić information content (AvgIpc) is 2.80. The number of sulfonamides is 1. The van der Waals surface area contributed by atoms with Gasteiger partial charge in [-0.25, -0.2) is 17.6 Å². The Morgan fingerprint density at radius 3 is 2.65 bits per heavy atom. The number of aromatic carboxylic acids is 1. The number of halogens is 1. The SMILES string of the molecule is CCc1nn(C)cc1NS(=O)(=O)c1cc(F)c(C)c(C(=O)O)c1. The lowest BCUT2D eigenvalue weighted by Crippen LogP contribution is -2.15. The second-order valence-corrected chi connectivity index (χ2v) is 6.69. The molecule has 0 spiro atoms. The third-order valence-electron chi connectivity index (χ3n) is 3.34. The first-order chi connectivity index (χ1) is 10.7. The van der Waals surface area contributed by atoms with Crippen molar-refractivity contribution in [2.24, 2.45) is 7.05 Å². The molecule has 1 aromatic carbocycles. The molecule has 9 heteroatoms. The summed E-state index contributed by atoms with van der Waals surface area (Å²) in [7, 11) is -2.49. The smallest absolute Gasteiger partial charge is 0.336 e. The van der Waals surface area contributed by atoms with Crippen LogP contribution in [0.25, 0.3) is 0 Å². The molecule has 2 rings (SSSR count). The van der Waals surface area contributed by atoms with Crippen LogP contribution in [-0.4, -0.2) is 29.3 Å². The molecule has 2 aromatic rings. The van der Waals surface area contributed by atoms with Crippen molar-refractivity contribution in [2.45, 2.75) is 25.2 Å². The van der Waals surface area contributed by atoms with E-state index in [1.807, 2.05) is 6.92 Å². The Hall–Kier alpha value is -2.42. The molecule has 0 bridgehead atoms. The standard InChI is InChI=1S/C14H16FN3O4S/c1-4-12-13(7-18(3)16-12)17-23(21,22)9-5-10(14(19)20)8(2)11(15)6-9/h5-7,17H,4H2,1-3H3,(H,19,20). The molecule has 0 fully saturated rings. The van der Waals surface area contributed by atoms with Gasteiger partial charge in [-0.15, -0.1) is 0 Å². The molecule has 0 unspecified atom stereocenters.